The van der Waals surface area contributed by atoms with Crippen molar-refractivity contribution in [1.29, 1.82) is 0 Å². The largest absolute Gasteiger partial charge is 0.490 e. The molecule has 4 bridgehead atoms. The summed E-state index contributed by atoms with van der Waals surface area (Å²) in [6, 6.07) is 4.07. The highest BCUT2D eigenvalue weighted by Gasteiger charge is 2.48. The average Bonchev–Trinajstić information content (AvgIpc) is 3.16. The fraction of sp³-hybridized carbons (Fsp3) is 0.389. The van der Waals surface area contributed by atoms with Gasteiger partial charge in [-0.05, 0) is 12.1 Å². The molecule has 5 rings (SSSR count). The molecule has 28 heavy (non-hydrogen) atoms. The normalized spacial score (nSPS) is 23.6. The van der Waals surface area contributed by atoms with Gasteiger partial charge in [-0.15, -0.1) is 0 Å². The third kappa shape index (κ3) is 2.89. The first kappa shape index (κ1) is 17.7. The Kier molecular flexibility index (Phi) is 3.99. The Bertz CT molecular complexity index is 1070. The number of hydrogen-bond acceptors (Lipinski definition) is 5. The van der Waals surface area contributed by atoms with Crippen LogP contribution in [0.15, 0.2) is 24.4 Å². The van der Waals surface area contributed by atoms with E-state index in [0.717, 1.165) is 0 Å². The molecular formula is C18H15ClF3N5O. The molecule has 2 atom stereocenters. The SMILES string of the molecule is Fc1ccc2c(c1)OCCN1CC(Cc3nc(Cl)c4cnn-2c4n3)C(F)(F)C1. The quantitative estimate of drug-likeness (QED) is 0.534. The molecule has 3 aromatic rings. The average molecular weight is 410 g/mol. The van der Waals surface area contributed by atoms with Crippen LogP contribution in [0.2, 0.25) is 5.15 Å². The van der Waals surface area contributed by atoms with E-state index in [1.54, 1.807) is 4.90 Å². The van der Waals surface area contributed by atoms with Crippen LogP contribution in [0.25, 0.3) is 16.7 Å². The topological polar surface area (TPSA) is 56.1 Å². The molecule has 0 radical (unpaired) electrons. The smallest absolute Gasteiger partial charge is 0.264 e. The summed E-state index contributed by atoms with van der Waals surface area (Å²) in [6.45, 7) is 0.291. The Morgan fingerprint density at radius 1 is 1.25 bits per heavy atom. The molecule has 0 aliphatic carbocycles. The number of ether oxygens (including phenoxy) is 1. The maximum Gasteiger partial charge on any atom is 0.264 e. The number of fused-ring (bicyclic) bond motifs is 5. The lowest BCUT2D eigenvalue weighted by Crippen LogP contribution is -2.30. The molecule has 2 aliphatic rings. The highest BCUT2D eigenvalue weighted by molar-refractivity contribution is 6.33. The van der Waals surface area contributed by atoms with Crippen LogP contribution >= 0.6 is 11.6 Å². The first-order valence-corrected chi connectivity index (χ1v) is 9.21. The van der Waals surface area contributed by atoms with Gasteiger partial charge in [-0.2, -0.15) is 5.10 Å². The van der Waals surface area contributed by atoms with Crippen LogP contribution in [0, 0.1) is 11.7 Å². The molecule has 0 N–H and O–H groups in total. The summed E-state index contributed by atoms with van der Waals surface area (Å²) in [4.78, 5) is 10.3. The Balaban J connectivity index is 1.70. The first-order chi connectivity index (χ1) is 13.4. The Hall–Kier alpha value is -2.39. The maximum absolute atomic E-state index is 14.5. The minimum Gasteiger partial charge on any atom is -0.490 e. The van der Waals surface area contributed by atoms with Gasteiger partial charge in [0.25, 0.3) is 5.92 Å². The van der Waals surface area contributed by atoms with Crippen molar-refractivity contribution in [2.75, 3.05) is 26.2 Å². The van der Waals surface area contributed by atoms with Crippen molar-refractivity contribution in [3.8, 4) is 11.4 Å². The molecule has 2 aliphatic heterocycles. The second-order valence-electron chi connectivity index (χ2n) is 7.08. The van der Waals surface area contributed by atoms with E-state index in [2.05, 4.69) is 15.1 Å². The van der Waals surface area contributed by atoms with E-state index in [0.29, 0.717) is 23.3 Å². The minimum atomic E-state index is -2.86. The van der Waals surface area contributed by atoms with Crippen molar-refractivity contribution in [3.05, 3.63) is 41.2 Å². The monoisotopic (exact) mass is 409 g/mol. The number of nitrogens with zero attached hydrogens (tertiary/aromatic N) is 5. The van der Waals surface area contributed by atoms with Crippen molar-refractivity contribution in [1.82, 2.24) is 24.6 Å². The number of hydrogen-bond donors (Lipinski definition) is 0. The number of aromatic nitrogens is 4. The first-order valence-electron chi connectivity index (χ1n) is 8.84. The fourth-order valence-corrected chi connectivity index (χ4v) is 4.02. The highest BCUT2D eigenvalue weighted by atomic mass is 35.5. The second-order valence-corrected chi connectivity index (χ2v) is 7.44. The molecule has 0 amide bonds. The van der Waals surface area contributed by atoms with E-state index < -0.39 is 17.7 Å². The van der Waals surface area contributed by atoms with Crippen molar-refractivity contribution in [3.63, 3.8) is 0 Å². The van der Waals surface area contributed by atoms with Gasteiger partial charge in [-0.1, -0.05) is 11.6 Å². The number of benzene rings is 1. The molecular weight excluding hydrogens is 395 g/mol. The lowest BCUT2D eigenvalue weighted by atomic mass is 10.0. The molecule has 0 spiro atoms. The van der Waals surface area contributed by atoms with E-state index in [1.807, 2.05) is 0 Å². The Morgan fingerprint density at radius 2 is 2.11 bits per heavy atom. The van der Waals surface area contributed by atoms with Crippen LogP contribution in [0.3, 0.4) is 0 Å². The zero-order valence-corrected chi connectivity index (χ0v) is 15.3. The van der Waals surface area contributed by atoms with Crippen molar-refractivity contribution in [2.24, 2.45) is 5.92 Å². The Labute approximate surface area is 162 Å². The van der Waals surface area contributed by atoms with E-state index in [9.17, 15) is 13.2 Å². The van der Waals surface area contributed by atoms with Gasteiger partial charge in [0, 0.05) is 31.5 Å². The zero-order chi connectivity index (χ0) is 19.5. The van der Waals surface area contributed by atoms with Crippen LogP contribution < -0.4 is 4.74 Å². The van der Waals surface area contributed by atoms with Crippen LogP contribution in [0.4, 0.5) is 13.2 Å². The summed E-state index contributed by atoms with van der Waals surface area (Å²) < 4.78 is 50.0. The van der Waals surface area contributed by atoms with Crippen molar-refractivity contribution < 1.29 is 17.9 Å². The van der Waals surface area contributed by atoms with Gasteiger partial charge in [-0.25, -0.2) is 27.8 Å². The lowest BCUT2D eigenvalue weighted by molar-refractivity contribution is -0.0275. The van der Waals surface area contributed by atoms with Gasteiger partial charge < -0.3 is 4.74 Å². The molecule has 10 heteroatoms. The third-order valence-corrected chi connectivity index (χ3v) is 5.47. The molecule has 0 saturated carbocycles. The summed E-state index contributed by atoms with van der Waals surface area (Å²) in [5, 5.41) is 4.91. The number of halogens is 4. The second kappa shape index (κ2) is 6.31. The van der Waals surface area contributed by atoms with E-state index in [1.165, 1.54) is 29.1 Å². The third-order valence-electron chi connectivity index (χ3n) is 5.18. The van der Waals surface area contributed by atoms with Crippen molar-refractivity contribution in [2.45, 2.75) is 12.3 Å². The van der Waals surface area contributed by atoms with Crippen molar-refractivity contribution >= 4 is 22.6 Å². The number of alkyl halides is 2. The van der Waals surface area contributed by atoms with E-state index in [-0.39, 0.29) is 42.8 Å². The number of rotatable bonds is 0. The highest BCUT2D eigenvalue weighted by Crippen LogP contribution is 2.36. The van der Waals surface area contributed by atoms with Gasteiger partial charge in [0.1, 0.15) is 34.8 Å². The molecule has 1 saturated heterocycles. The molecule has 1 fully saturated rings. The van der Waals surface area contributed by atoms with Gasteiger partial charge in [-0.3, -0.25) is 4.90 Å². The summed E-state index contributed by atoms with van der Waals surface area (Å²) >= 11 is 6.27. The maximum atomic E-state index is 14.5. The molecule has 1 aromatic carbocycles. The summed E-state index contributed by atoms with van der Waals surface area (Å²) in [5.74, 6) is -3.77. The zero-order valence-electron chi connectivity index (χ0n) is 14.6. The molecule has 146 valence electrons. The fourth-order valence-electron chi connectivity index (χ4n) is 3.79. The molecule has 4 heterocycles. The molecule has 6 nitrogen and oxygen atoms in total. The van der Waals surface area contributed by atoms with E-state index in [4.69, 9.17) is 16.3 Å². The molecule has 2 unspecified atom stereocenters. The van der Waals surface area contributed by atoms with Gasteiger partial charge in [0.15, 0.2) is 5.65 Å². The molecule has 2 aromatic heterocycles. The summed E-state index contributed by atoms with van der Waals surface area (Å²) in [5.41, 5.74) is 0.853. The van der Waals surface area contributed by atoms with Crippen LogP contribution in [-0.4, -0.2) is 56.8 Å². The predicted octanol–water partition coefficient (Wildman–Crippen LogP) is 3.11. The van der Waals surface area contributed by atoms with E-state index >= 15 is 0 Å². The standard InChI is InChI=1S/C18H15ClF3N5O/c19-16-12-7-23-27-13-2-1-11(20)6-14(13)28-4-3-26-8-10(18(21,22)9-26)5-15(24-16)25-17(12)27/h1-2,6-7,10H,3-5,8-9H2. The van der Waals surface area contributed by atoms with Gasteiger partial charge in [0.2, 0.25) is 0 Å². The summed E-state index contributed by atoms with van der Waals surface area (Å²) in [6.07, 6.45) is 1.49. The van der Waals surface area contributed by atoms with Crippen LogP contribution in [0.1, 0.15) is 5.82 Å². The van der Waals surface area contributed by atoms with Gasteiger partial charge >= 0.3 is 0 Å². The minimum absolute atomic E-state index is 0.00146. The predicted molar refractivity (Wildman–Crippen MR) is 95.7 cm³/mol. The lowest BCUT2D eigenvalue weighted by Gasteiger charge is -2.18. The summed E-state index contributed by atoms with van der Waals surface area (Å²) in [7, 11) is 0. The van der Waals surface area contributed by atoms with Crippen LogP contribution in [-0.2, 0) is 6.42 Å². The Morgan fingerprint density at radius 3 is 2.96 bits per heavy atom. The van der Waals surface area contributed by atoms with Crippen LogP contribution in [0.5, 0.6) is 5.75 Å². The van der Waals surface area contributed by atoms with Gasteiger partial charge in [0.05, 0.1) is 18.1 Å².